The van der Waals surface area contributed by atoms with Gasteiger partial charge in [0.1, 0.15) is 6.54 Å². The van der Waals surface area contributed by atoms with E-state index >= 15 is 0 Å². The van der Waals surface area contributed by atoms with Crippen LogP contribution in [0.3, 0.4) is 0 Å². The van der Waals surface area contributed by atoms with Crippen molar-refractivity contribution in [3.05, 3.63) is 58.4 Å². The molecule has 0 saturated carbocycles. The summed E-state index contributed by atoms with van der Waals surface area (Å²) in [6.07, 6.45) is 1.26. The first-order valence-corrected chi connectivity index (χ1v) is 9.19. The van der Waals surface area contributed by atoms with Crippen molar-refractivity contribution in [3.8, 4) is 0 Å². The predicted octanol–water partition coefficient (Wildman–Crippen LogP) is 2.27. The maximum absolute atomic E-state index is 12.7. The number of hydrogen-bond acceptors (Lipinski definition) is 6. The van der Waals surface area contributed by atoms with Gasteiger partial charge >= 0.3 is 5.97 Å². The van der Waals surface area contributed by atoms with Crippen LogP contribution in [0.5, 0.6) is 0 Å². The van der Waals surface area contributed by atoms with Crippen LogP contribution in [0.15, 0.2) is 53.6 Å². The van der Waals surface area contributed by atoms with Gasteiger partial charge in [0.15, 0.2) is 0 Å². The fraction of sp³-hybridized carbons (Fsp3) is 0.211. The van der Waals surface area contributed by atoms with Crippen molar-refractivity contribution in [3.63, 3.8) is 0 Å². The molecule has 1 aliphatic rings. The van der Waals surface area contributed by atoms with Gasteiger partial charge in [-0.3, -0.25) is 19.3 Å². The van der Waals surface area contributed by atoms with Gasteiger partial charge in [-0.05, 0) is 23.6 Å². The molecule has 1 aliphatic heterocycles. The van der Waals surface area contributed by atoms with Gasteiger partial charge in [0, 0.05) is 16.7 Å². The number of carbonyl (C=O) groups is 3. The molecule has 27 heavy (non-hydrogen) atoms. The molecular formula is C19H19N3O4S. The Kier molecular flexibility index (Phi) is 5.87. The Morgan fingerprint density at radius 1 is 1.22 bits per heavy atom. The van der Waals surface area contributed by atoms with E-state index in [2.05, 4.69) is 15.4 Å². The van der Waals surface area contributed by atoms with Crippen molar-refractivity contribution in [1.29, 1.82) is 0 Å². The number of para-hydroxylation sites is 2. The van der Waals surface area contributed by atoms with Crippen LogP contribution in [-0.2, 0) is 25.7 Å². The molecule has 2 heterocycles. The first-order chi connectivity index (χ1) is 13.1. The standard InChI is InChI=1S/C19H19N3O4S/c1-26-19(25)10-13-9-18(24)22(16-7-3-2-6-15(16)21-13)12-17(23)20-11-14-5-4-8-27-14/h2-9,21H,10-12H2,1H3,(H,20,23). The van der Waals surface area contributed by atoms with Gasteiger partial charge in [0.05, 0.1) is 31.5 Å². The van der Waals surface area contributed by atoms with Crippen molar-refractivity contribution in [2.24, 2.45) is 0 Å². The van der Waals surface area contributed by atoms with Crippen LogP contribution in [0.25, 0.3) is 0 Å². The van der Waals surface area contributed by atoms with E-state index < -0.39 is 5.97 Å². The zero-order chi connectivity index (χ0) is 19.2. The van der Waals surface area contributed by atoms with Gasteiger partial charge in [0.25, 0.3) is 5.91 Å². The molecule has 0 aliphatic carbocycles. The summed E-state index contributed by atoms with van der Waals surface area (Å²) in [5.41, 5.74) is 1.63. The van der Waals surface area contributed by atoms with E-state index in [0.29, 0.717) is 23.6 Å². The number of nitrogens with one attached hydrogen (secondary N) is 2. The van der Waals surface area contributed by atoms with Gasteiger partial charge in [-0.2, -0.15) is 0 Å². The Morgan fingerprint density at radius 3 is 2.78 bits per heavy atom. The lowest BCUT2D eigenvalue weighted by Crippen LogP contribution is -2.39. The number of ether oxygens (including phenoxy) is 1. The van der Waals surface area contributed by atoms with Gasteiger partial charge in [-0.1, -0.05) is 18.2 Å². The molecule has 7 nitrogen and oxygen atoms in total. The van der Waals surface area contributed by atoms with E-state index in [9.17, 15) is 14.4 Å². The van der Waals surface area contributed by atoms with E-state index in [1.807, 2.05) is 23.6 Å². The number of fused-ring (bicyclic) bond motifs is 1. The van der Waals surface area contributed by atoms with Gasteiger partial charge in [0.2, 0.25) is 5.91 Å². The number of carbonyl (C=O) groups excluding carboxylic acids is 3. The van der Waals surface area contributed by atoms with Gasteiger partial charge in [-0.25, -0.2) is 0 Å². The van der Waals surface area contributed by atoms with Crippen LogP contribution in [0, 0.1) is 0 Å². The SMILES string of the molecule is COC(=O)CC1=CC(=O)N(CC(=O)NCc2cccs2)c2ccccc2N1. The molecule has 8 heteroatoms. The summed E-state index contributed by atoms with van der Waals surface area (Å²) in [4.78, 5) is 39.1. The average molecular weight is 385 g/mol. The number of thiophene rings is 1. The number of amides is 2. The quantitative estimate of drug-likeness (QED) is 0.745. The molecule has 140 valence electrons. The highest BCUT2D eigenvalue weighted by Gasteiger charge is 2.24. The molecule has 0 fully saturated rings. The normalized spacial score (nSPS) is 13.1. The minimum Gasteiger partial charge on any atom is -0.469 e. The third-order valence-electron chi connectivity index (χ3n) is 3.96. The fourth-order valence-electron chi connectivity index (χ4n) is 2.65. The summed E-state index contributed by atoms with van der Waals surface area (Å²) in [6, 6.07) is 11.0. The molecule has 2 N–H and O–H groups in total. The third kappa shape index (κ3) is 4.73. The summed E-state index contributed by atoms with van der Waals surface area (Å²) < 4.78 is 4.67. The predicted molar refractivity (Wildman–Crippen MR) is 103 cm³/mol. The maximum atomic E-state index is 12.7. The Morgan fingerprint density at radius 2 is 2.04 bits per heavy atom. The lowest BCUT2D eigenvalue weighted by molar-refractivity contribution is -0.139. The molecule has 3 rings (SSSR count). The molecule has 0 radical (unpaired) electrons. The summed E-state index contributed by atoms with van der Waals surface area (Å²) in [5.74, 6) is -1.10. The molecule has 0 saturated heterocycles. The molecular weight excluding hydrogens is 366 g/mol. The van der Waals surface area contributed by atoms with E-state index in [1.54, 1.807) is 29.5 Å². The summed E-state index contributed by atoms with van der Waals surface area (Å²) in [5, 5.41) is 7.84. The molecule has 0 bridgehead atoms. The molecule has 2 amide bonds. The van der Waals surface area contributed by atoms with Crippen LogP contribution in [-0.4, -0.2) is 31.4 Å². The van der Waals surface area contributed by atoms with Crippen LogP contribution in [0.2, 0.25) is 0 Å². The summed E-state index contributed by atoms with van der Waals surface area (Å²) in [7, 11) is 1.29. The molecule has 1 aromatic heterocycles. The van der Waals surface area contributed by atoms with E-state index in [4.69, 9.17) is 0 Å². The second-order valence-corrected chi connectivity index (χ2v) is 6.88. The molecule has 0 atom stereocenters. The summed E-state index contributed by atoms with van der Waals surface area (Å²) >= 11 is 1.55. The Bertz CT molecular complexity index is 877. The number of methoxy groups -OCH3 is 1. The first-order valence-electron chi connectivity index (χ1n) is 8.31. The van der Waals surface area contributed by atoms with Crippen molar-refractivity contribution < 1.29 is 19.1 Å². The van der Waals surface area contributed by atoms with Crippen LogP contribution in [0.4, 0.5) is 11.4 Å². The number of esters is 1. The summed E-state index contributed by atoms with van der Waals surface area (Å²) in [6.45, 7) is 0.298. The number of hydrogen-bond donors (Lipinski definition) is 2. The second kappa shape index (κ2) is 8.50. The zero-order valence-electron chi connectivity index (χ0n) is 14.7. The van der Waals surface area contributed by atoms with Crippen LogP contribution in [0.1, 0.15) is 11.3 Å². The van der Waals surface area contributed by atoms with Crippen molar-refractivity contribution in [2.75, 3.05) is 23.9 Å². The monoisotopic (exact) mass is 385 g/mol. The van der Waals surface area contributed by atoms with Crippen LogP contribution < -0.4 is 15.5 Å². The van der Waals surface area contributed by atoms with Gasteiger partial charge < -0.3 is 15.4 Å². The smallest absolute Gasteiger partial charge is 0.311 e. The maximum Gasteiger partial charge on any atom is 0.311 e. The molecule has 0 unspecified atom stereocenters. The second-order valence-electron chi connectivity index (χ2n) is 5.85. The number of benzene rings is 1. The van der Waals surface area contributed by atoms with Crippen LogP contribution >= 0.6 is 11.3 Å². The Labute approximate surface area is 160 Å². The minimum absolute atomic E-state index is 0.0605. The van der Waals surface area contributed by atoms with Gasteiger partial charge in [-0.15, -0.1) is 11.3 Å². The van der Waals surface area contributed by atoms with Crippen molar-refractivity contribution >= 4 is 40.5 Å². The van der Waals surface area contributed by atoms with E-state index in [-0.39, 0.29) is 24.8 Å². The van der Waals surface area contributed by atoms with E-state index in [1.165, 1.54) is 18.1 Å². The topological polar surface area (TPSA) is 87.7 Å². The minimum atomic E-state index is -0.457. The van der Waals surface area contributed by atoms with E-state index in [0.717, 1.165) is 4.88 Å². The molecule has 2 aromatic rings. The number of rotatable bonds is 6. The first kappa shape index (κ1) is 18.7. The highest BCUT2D eigenvalue weighted by Crippen LogP contribution is 2.30. The highest BCUT2D eigenvalue weighted by atomic mass is 32.1. The lowest BCUT2D eigenvalue weighted by atomic mass is 10.2. The molecule has 1 aromatic carbocycles. The van der Waals surface area contributed by atoms with Crippen molar-refractivity contribution in [1.82, 2.24) is 5.32 Å². The lowest BCUT2D eigenvalue weighted by Gasteiger charge is -2.21. The molecule has 0 spiro atoms. The third-order valence-corrected chi connectivity index (χ3v) is 4.83. The average Bonchev–Trinajstić information content (AvgIpc) is 3.14. The number of nitrogens with zero attached hydrogens (tertiary/aromatic N) is 1. The Hall–Kier alpha value is -3.13. The largest absolute Gasteiger partial charge is 0.469 e. The number of anilines is 2. The zero-order valence-corrected chi connectivity index (χ0v) is 15.5. The highest BCUT2D eigenvalue weighted by molar-refractivity contribution is 7.09. The van der Waals surface area contributed by atoms with Crippen molar-refractivity contribution in [2.45, 2.75) is 13.0 Å². The fourth-order valence-corrected chi connectivity index (χ4v) is 3.30. The Balaban J connectivity index is 1.77.